The summed E-state index contributed by atoms with van der Waals surface area (Å²) in [5.41, 5.74) is 0.967. The molecule has 0 heterocycles. The molecule has 0 atom stereocenters. The molecule has 0 fully saturated rings. The third-order valence-corrected chi connectivity index (χ3v) is 2.23. The molecule has 0 bridgehead atoms. The van der Waals surface area contributed by atoms with Crippen LogP contribution in [0.5, 0.6) is 5.75 Å². The van der Waals surface area contributed by atoms with Gasteiger partial charge in [0.2, 0.25) is 0 Å². The predicted molar refractivity (Wildman–Crippen MR) is 59.4 cm³/mol. The Hall–Kier alpha value is -1.36. The Morgan fingerprint density at radius 1 is 1.47 bits per heavy atom. The first-order valence-electron chi connectivity index (χ1n) is 4.21. The van der Waals surface area contributed by atoms with Gasteiger partial charge in [-0.15, -0.1) is 0 Å². The molecule has 0 saturated carbocycles. The predicted octanol–water partition coefficient (Wildman–Crippen LogP) is 2.57. The van der Waals surface area contributed by atoms with E-state index in [-0.39, 0.29) is 0 Å². The lowest BCUT2D eigenvalue weighted by atomic mass is 10.1. The molecule has 0 amide bonds. The first-order valence-corrected chi connectivity index (χ1v) is 5.01. The SMILES string of the molecule is CC(=O)Oc1cc(Br)ccc1/C(C)=N/O. The number of benzene rings is 1. The number of carbonyl (C=O) groups is 1. The van der Waals surface area contributed by atoms with Crippen molar-refractivity contribution >= 4 is 27.6 Å². The molecule has 0 saturated heterocycles. The highest BCUT2D eigenvalue weighted by Gasteiger charge is 2.09. The largest absolute Gasteiger partial charge is 0.426 e. The van der Waals surface area contributed by atoms with Crippen LogP contribution in [0.4, 0.5) is 0 Å². The summed E-state index contributed by atoms with van der Waals surface area (Å²) in [7, 11) is 0. The minimum Gasteiger partial charge on any atom is -0.426 e. The Bertz CT molecular complexity index is 415. The average Bonchev–Trinajstić information content (AvgIpc) is 2.16. The maximum absolute atomic E-state index is 10.8. The van der Waals surface area contributed by atoms with Crippen LogP contribution < -0.4 is 4.74 Å². The lowest BCUT2D eigenvalue weighted by molar-refractivity contribution is -0.131. The fourth-order valence-electron chi connectivity index (χ4n) is 1.09. The summed E-state index contributed by atoms with van der Waals surface area (Å²) >= 11 is 3.26. The maximum atomic E-state index is 10.8. The normalized spacial score (nSPS) is 11.3. The van der Waals surface area contributed by atoms with Crippen molar-refractivity contribution in [1.82, 2.24) is 0 Å². The zero-order valence-corrected chi connectivity index (χ0v) is 9.91. The third kappa shape index (κ3) is 3.06. The van der Waals surface area contributed by atoms with Crippen LogP contribution in [-0.4, -0.2) is 16.9 Å². The zero-order chi connectivity index (χ0) is 11.4. The molecule has 0 aliphatic rings. The molecule has 0 aliphatic heterocycles. The van der Waals surface area contributed by atoms with E-state index in [2.05, 4.69) is 21.1 Å². The van der Waals surface area contributed by atoms with Crippen LogP contribution in [0.1, 0.15) is 19.4 Å². The maximum Gasteiger partial charge on any atom is 0.308 e. The molecule has 80 valence electrons. The number of ether oxygens (including phenoxy) is 1. The van der Waals surface area contributed by atoms with E-state index < -0.39 is 5.97 Å². The van der Waals surface area contributed by atoms with Gasteiger partial charge in [0, 0.05) is 17.0 Å². The minimum absolute atomic E-state index is 0.368. The Morgan fingerprint density at radius 3 is 2.67 bits per heavy atom. The van der Waals surface area contributed by atoms with Crippen LogP contribution in [-0.2, 0) is 4.79 Å². The summed E-state index contributed by atoms with van der Waals surface area (Å²) in [6.45, 7) is 2.94. The topological polar surface area (TPSA) is 58.9 Å². The highest BCUT2D eigenvalue weighted by Crippen LogP contribution is 2.24. The van der Waals surface area contributed by atoms with Crippen molar-refractivity contribution < 1.29 is 14.7 Å². The second-order valence-electron chi connectivity index (χ2n) is 2.92. The van der Waals surface area contributed by atoms with Crippen LogP contribution in [0, 0.1) is 0 Å². The summed E-state index contributed by atoms with van der Waals surface area (Å²) in [5, 5.41) is 11.7. The van der Waals surface area contributed by atoms with Gasteiger partial charge in [0.15, 0.2) is 0 Å². The Labute approximate surface area is 95.7 Å². The number of halogens is 1. The molecule has 1 rings (SSSR count). The van der Waals surface area contributed by atoms with Gasteiger partial charge in [0.05, 0.1) is 5.71 Å². The molecule has 0 radical (unpaired) electrons. The van der Waals surface area contributed by atoms with E-state index in [1.165, 1.54) is 6.92 Å². The standard InChI is InChI=1S/C10H10BrNO3/c1-6(12-14)9-4-3-8(11)5-10(9)15-7(2)13/h3-5,14H,1-2H3/b12-6+. The number of carbonyl (C=O) groups excluding carboxylic acids is 1. The Morgan fingerprint density at radius 2 is 2.13 bits per heavy atom. The van der Waals surface area contributed by atoms with Crippen molar-refractivity contribution in [1.29, 1.82) is 0 Å². The number of hydrogen-bond acceptors (Lipinski definition) is 4. The molecule has 4 nitrogen and oxygen atoms in total. The van der Waals surface area contributed by atoms with E-state index in [0.29, 0.717) is 17.0 Å². The summed E-state index contributed by atoms with van der Waals surface area (Å²) in [6.07, 6.45) is 0. The Kier molecular flexibility index (Phi) is 3.85. The zero-order valence-electron chi connectivity index (χ0n) is 8.32. The number of rotatable bonds is 2. The lowest BCUT2D eigenvalue weighted by Gasteiger charge is -2.07. The summed E-state index contributed by atoms with van der Waals surface area (Å²) < 4.78 is 5.77. The molecule has 5 heteroatoms. The molecule has 1 aromatic rings. The fraction of sp³-hybridized carbons (Fsp3) is 0.200. The Balaban J connectivity index is 3.20. The number of esters is 1. The van der Waals surface area contributed by atoms with Gasteiger partial charge >= 0.3 is 5.97 Å². The molecule has 0 unspecified atom stereocenters. The lowest BCUT2D eigenvalue weighted by Crippen LogP contribution is -2.06. The van der Waals surface area contributed by atoms with E-state index in [1.807, 2.05) is 0 Å². The second kappa shape index (κ2) is 4.93. The molecule has 15 heavy (non-hydrogen) atoms. The monoisotopic (exact) mass is 271 g/mol. The molecular weight excluding hydrogens is 262 g/mol. The minimum atomic E-state index is -0.417. The van der Waals surface area contributed by atoms with Gasteiger partial charge in [-0.1, -0.05) is 21.1 Å². The van der Waals surface area contributed by atoms with Crippen LogP contribution in [0.25, 0.3) is 0 Å². The highest BCUT2D eigenvalue weighted by atomic mass is 79.9. The van der Waals surface area contributed by atoms with Crippen molar-refractivity contribution in [2.75, 3.05) is 0 Å². The van der Waals surface area contributed by atoms with E-state index in [9.17, 15) is 4.79 Å². The molecule has 1 N–H and O–H groups in total. The first-order chi connectivity index (χ1) is 7.04. The summed E-state index contributed by atoms with van der Waals surface area (Å²) in [6, 6.07) is 5.12. The quantitative estimate of drug-likeness (QED) is 0.296. The van der Waals surface area contributed by atoms with E-state index in [1.54, 1.807) is 25.1 Å². The van der Waals surface area contributed by atoms with E-state index in [0.717, 1.165) is 4.47 Å². The van der Waals surface area contributed by atoms with Gasteiger partial charge < -0.3 is 9.94 Å². The van der Waals surface area contributed by atoms with Crippen LogP contribution >= 0.6 is 15.9 Å². The van der Waals surface area contributed by atoms with Crippen molar-refractivity contribution in [2.45, 2.75) is 13.8 Å². The highest BCUT2D eigenvalue weighted by molar-refractivity contribution is 9.10. The smallest absolute Gasteiger partial charge is 0.308 e. The van der Waals surface area contributed by atoms with Crippen LogP contribution in [0.3, 0.4) is 0 Å². The van der Waals surface area contributed by atoms with Gasteiger partial charge in [-0.25, -0.2) is 0 Å². The van der Waals surface area contributed by atoms with Crippen molar-refractivity contribution in [3.05, 3.63) is 28.2 Å². The van der Waals surface area contributed by atoms with Gasteiger partial charge in [-0.2, -0.15) is 0 Å². The van der Waals surface area contributed by atoms with E-state index in [4.69, 9.17) is 9.94 Å². The van der Waals surface area contributed by atoms with E-state index >= 15 is 0 Å². The summed E-state index contributed by atoms with van der Waals surface area (Å²) in [5.74, 6) is -0.0488. The third-order valence-electron chi connectivity index (χ3n) is 1.74. The van der Waals surface area contributed by atoms with Crippen LogP contribution in [0.15, 0.2) is 27.8 Å². The number of hydrogen-bond donors (Lipinski definition) is 1. The van der Waals surface area contributed by atoms with Gasteiger partial charge in [-0.3, -0.25) is 4.79 Å². The molecule has 1 aromatic carbocycles. The first kappa shape index (κ1) is 11.7. The molecule has 0 spiro atoms. The van der Waals surface area contributed by atoms with Gasteiger partial charge in [-0.05, 0) is 25.1 Å². The van der Waals surface area contributed by atoms with Crippen LogP contribution in [0.2, 0.25) is 0 Å². The van der Waals surface area contributed by atoms with Gasteiger partial charge in [0.1, 0.15) is 5.75 Å². The molecule has 0 aromatic heterocycles. The number of oxime groups is 1. The van der Waals surface area contributed by atoms with Crippen molar-refractivity contribution in [3.8, 4) is 5.75 Å². The average molecular weight is 272 g/mol. The van der Waals surface area contributed by atoms with Gasteiger partial charge in [0.25, 0.3) is 0 Å². The summed E-state index contributed by atoms with van der Waals surface area (Å²) in [4.78, 5) is 10.8. The molecular formula is C10H10BrNO3. The van der Waals surface area contributed by atoms with Crippen molar-refractivity contribution in [2.24, 2.45) is 5.16 Å². The second-order valence-corrected chi connectivity index (χ2v) is 3.84. The molecule has 0 aliphatic carbocycles. The van der Waals surface area contributed by atoms with Crippen molar-refractivity contribution in [3.63, 3.8) is 0 Å². The fourth-order valence-corrected chi connectivity index (χ4v) is 1.43. The number of nitrogens with zero attached hydrogens (tertiary/aromatic N) is 1.